The molecular formula is C6H6ClFN2. The van der Waals surface area contributed by atoms with E-state index in [0.29, 0.717) is 5.56 Å². The molecule has 0 amide bonds. The highest BCUT2D eigenvalue weighted by Crippen LogP contribution is 2.16. The fourth-order valence-electron chi connectivity index (χ4n) is 0.613. The molecule has 54 valence electrons. The highest BCUT2D eigenvalue weighted by molar-refractivity contribution is 6.31. The smallest absolute Gasteiger partial charge is 0.231 e. The molecule has 0 aliphatic rings. The summed E-state index contributed by atoms with van der Waals surface area (Å²) in [5.41, 5.74) is 5.82. The first-order chi connectivity index (χ1) is 4.75. The molecule has 0 atom stereocenters. The summed E-state index contributed by atoms with van der Waals surface area (Å²) in [6.07, 6.45) is 1.34. The molecule has 0 bridgehead atoms. The van der Waals surface area contributed by atoms with Crippen molar-refractivity contribution < 1.29 is 4.39 Å². The number of aromatic nitrogens is 1. The normalized spacial score (nSPS) is 9.90. The molecule has 0 unspecified atom stereocenters. The van der Waals surface area contributed by atoms with E-state index >= 15 is 0 Å². The SMILES string of the molecule is NCc1ccnc(F)c1Cl. The molecule has 0 spiro atoms. The Morgan fingerprint density at radius 1 is 1.70 bits per heavy atom. The molecule has 0 radical (unpaired) electrons. The van der Waals surface area contributed by atoms with Gasteiger partial charge in [0.15, 0.2) is 0 Å². The van der Waals surface area contributed by atoms with Crippen LogP contribution in [-0.4, -0.2) is 4.98 Å². The second-order valence-corrected chi connectivity index (χ2v) is 2.16. The first-order valence-corrected chi connectivity index (χ1v) is 3.12. The van der Waals surface area contributed by atoms with Crippen LogP contribution in [0.5, 0.6) is 0 Å². The van der Waals surface area contributed by atoms with Gasteiger partial charge in [-0.25, -0.2) is 4.98 Å². The minimum Gasteiger partial charge on any atom is -0.326 e. The summed E-state index contributed by atoms with van der Waals surface area (Å²) >= 11 is 5.48. The maximum absolute atomic E-state index is 12.5. The molecule has 1 aromatic heterocycles. The molecule has 1 aromatic rings. The van der Waals surface area contributed by atoms with Crippen LogP contribution in [0.25, 0.3) is 0 Å². The standard InChI is InChI=1S/C6H6ClFN2/c7-5-4(3-9)1-2-10-6(5)8/h1-2H,3,9H2. The van der Waals surface area contributed by atoms with Crippen LogP contribution in [0.1, 0.15) is 5.56 Å². The Bertz CT molecular complexity index is 239. The van der Waals surface area contributed by atoms with Crippen molar-refractivity contribution in [1.29, 1.82) is 0 Å². The zero-order valence-electron chi connectivity index (χ0n) is 5.14. The van der Waals surface area contributed by atoms with Crippen LogP contribution in [0.4, 0.5) is 4.39 Å². The van der Waals surface area contributed by atoms with Gasteiger partial charge in [0.25, 0.3) is 0 Å². The van der Waals surface area contributed by atoms with Crippen molar-refractivity contribution >= 4 is 11.6 Å². The first-order valence-electron chi connectivity index (χ1n) is 2.74. The Hall–Kier alpha value is -0.670. The van der Waals surface area contributed by atoms with Crippen LogP contribution >= 0.6 is 11.6 Å². The van der Waals surface area contributed by atoms with Crippen molar-refractivity contribution in [2.24, 2.45) is 5.73 Å². The minimum absolute atomic E-state index is 0.0185. The molecule has 0 saturated heterocycles. The van der Waals surface area contributed by atoms with E-state index in [-0.39, 0.29) is 11.6 Å². The molecule has 0 aliphatic carbocycles. The molecule has 10 heavy (non-hydrogen) atoms. The average molecular weight is 161 g/mol. The van der Waals surface area contributed by atoms with Gasteiger partial charge in [-0.3, -0.25) is 0 Å². The molecule has 0 saturated carbocycles. The van der Waals surface area contributed by atoms with Crippen molar-refractivity contribution in [1.82, 2.24) is 4.98 Å². The Kier molecular flexibility index (Phi) is 2.19. The molecule has 1 heterocycles. The van der Waals surface area contributed by atoms with Gasteiger partial charge < -0.3 is 5.73 Å². The number of nitrogens with zero attached hydrogens (tertiary/aromatic N) is 1. The third-order valence-electron chi connectivity index (χ3n) is 1.15. The fourth-order valence-corrected chi connectivity index (χ4v) is 0.802. The second-order valence-electron chi connectivity index (χ2n) is 1.78. The molecule has 0 aliphatic heterocycles. The van der Waals surface area contributed by atoms with Gasteiger partial charge in [0.1, 0.15) is 5.02 Å². The lowest BCUT2D eigenvalue weighted by Gasteiger charge is -1.98. The predicted molar refractivity (Wildman–Crippen MR) is 37.1 cm³/mol. The van der Waals surface area contributed by atoms with Gasteiger partial charge in [-0.05, 0) is 11.6 Å². The third-order valence-corrected chi connectivity index (χ3v) is 1.55. The lowest BCUT2D eigenvalue weighted by Crippen LogP contribution is -1.99. The van der Waals surface area contributed by atoms with Gasteiger partial charge in [-0.2, -0.15) is 4.39 Å². The number of hydrogen-bond acceptors (Lipinski definition) is 2. The molecule has 4 heteroatoms. The van der Waals surface area contributed by atoms with E-state index < -0.39 is 5.95 Å². The highest BCUT2D eigenvalue weighted by atomic mass is 35.5. The van der Waals surface area contributed by atoms with Gasteiger partial charge in [-0.1, -0.05) is 11.6 Å². The summed E-state index contributed by atoms with van der Waals surface area (Å²) in [6.45, 7) is 0.234. The van der Waals surface area contributed by atoms with Crippen molar-refractivity contribution in [3.8, 4) is 0 Å². The van der Waals surface area contributed by atoms with Gasteiger partial charge in [0, 0.05) is 12.7 Å². The first kappa shape index (κ1) is 7.44. The van der Waals surface area contributed by atoms with Crippen LogP contribution in [0.15, 0.2) is 12.3 Å². The monoisotopic (exact) mass is 160 g/mol. The molecule has 2 N–H and O–H groups in total. The quantitative estimate of drug-likeness (QED) is 0.630. The van der Waals surface area contributed by atoms with E-state index in [1.54, 1.807) is 6.07 Å². The fraction of sp³-hybridized carbons (Fsp3) is 0.167. The van der Waals surface area contributed by atoms with Crippen molar-refractivity contribution in [3.05, 3.63) is 28.8 Å². The summed E-state index contributed by atoms with van der Waals surface area (Å²) < 4.78 is 12.5. The topological polar surface area (TPSA) is 38.9 Å². The summed E-state index contributed by atoms with van der Waals surface area (Å²) in [5, 5.41) is 0.0185. The molecule has 0 fully saturated rings. The average Bonchev–Trinajstić information content (AvgIpc) is 1.95. The maximum atomic E-state index is 12.5. The van der Waals surface area contributed by atoms with Gasteiger partial charge in [0.2, 0.25) is 5.95 Å². The molecular weight excluding hydrogens is 155 g/mol. The van der Waals surface area contributed by atoms with E-state index in [0.717, 1.165) is 0 Å². The molecule has 2 nitrogen and oxygen atoms in total. The van der Waals surface area contributed by atoms with Gasteiger partial charge >= 0.3 is 0 Å². The van der Waals surface area contributed by atoms with Crippen LogP contribution in [0.3, 0.4) is 0 Å². The zero-order chi connectivity index (χ0) is 7.56. The molecule has 0 aromatic carbocycles. The summed E-state index contributed by atoms with van der Waals surface area (Å²) in [5.74, 6) is -0.662. The zero-order valence-corrected chi connectivity index (χ0v) is 5.90. The number of nitrogens with two attached hydrogens (primary N) is 1. The third kappa shape index (κ3) is 1.25. The summed E-state index contributed by atoms with van der Waals surface area (Å²) in [7, 11) is 0. The van der Waals surface area contributed by atoms with Crippen LogP contribution in [0.2, 0.25) is 5.02 Å². The number of hydrogen-bond donors (Lipinski definition) is 1. The van der Waals surface area contributed by atoms with Gasteiger partial charge in [-0.15, -0.1) is 0 Å². The lowest BCUT2D eigenvalue weighted by atomic mass is 10.3. The Balaban J connectivity index is 3.14. The summed E-state index contributed by atoms with van der Waals surface area (Å²) in [6, 6.07) is 1.59. The highest BCUT2D eigenvalue weighted by Gasteiger charge is 2.03. The second kappa shape index (κ2) is 2.94. The van der Waals surface area contributed by atoms with E-state index in [1.165, 1.54) is 6.20 Å². The van der Waals surface area contributed by atoms with E-state index in [4.69, 9.17) is 17.3 Å². The van der Waals surface area contributed by atoms with Crippen molar-refractivity contribution in [2.75, 3.05) is 0 Å². The van der Waals surface area contributed by atoms with Gasteiger partial charge in [0.05, 0.1) is 0 Å². The van der Waals surface area contributed by atoms with Crippen molar-refractivity contribution in [2.45, 2.75) is 6.54 Å². The minimum atomic E-state index is -0.662. The Morgan fingerprint density at radius 2 is 2.40 bits per heavy atom. The van der Waals surface area contributed by atoms with Crippen LogP contribution < -0.4 is 5.73 Å². The lowest BCUT2D eigenvalue weighted by molar-refractivity contribution is 0.582. The number of pyridine rings is 1. The van der Waals surface area contributed by atoms with Crippen LogP contribution in [-0.2, 0) is 6.54 Å². The summed E-state index contributed by atoms with van der Waals surface area (Å²) in [4.78, 5) is 3.33. The van der Waals surface area contributed by atoms with E-state index in [2.05, 4.69) is 4.98 Å². The van der Waals surface area contributed by atoms with E-state index in [1.807, 2.05) is 0 Å². The van der Waals surface area contributed by atoms with E-state index in [9.17, 15) is 4.39 Å². The largest absolute Gasteiger partial charge is 0.326 e. The van der Waals surface area contributed by atoms with Crippen molar-refractivity contribution in [3.63, 3.8) is 0 Å². The maximum Gasteiger partial charge on any atom is 0.231 e. The predicted octanol–water partition coefficient (Wildman–Crippen LogP) is 1.33. The molecule has 1 rings (SSSR count). The number of rotatable bonds is 1. The Morgan fingerprint density at radius 3 is 2.90 bits per heavy atom. The Labute approximate surface area is 62.8 Å². The number of halogens is 2. The van der Waals surface area contributed by atoms with Crippen LogP contribution in [0, 0.1) is 5.95 Å².